The van der Waals surface area contributed by atoms with Gasteiger partial charge in [0.05, 0.1) is 19.8 Å². The summed E-state index contributed by atoms with van der Waals surface area (Å²) in [5.74, 6) is 0.915. The summed E-state index contributed by atoms with van der Waals surface area (Å²) in [5, 5.41) is 4.31. The van der Waals surface area contributed by atoms with Crippen molar-refractivity contribution in [3.8, 4) is 0 Å². The summed E-state index contributed by atoms with van der Waals surface area (Å²) in [6.45, 7) is 4.91. The molecular weight excluding hydrogens is 306 g/mol. The van der Waals surface area contributed by atoms with Crippen molar-refractivity contribution < 1.29 is 4.74 Å². The van der Waals surface area contributed by atoms with Crippen LogP contribution in [0.25, 0.3) is 0 Å². The van der Waals surface area contributed by atoms with Crippen LogP contribution in [0, 0.1) is 0 Å². The molecule has 0 bridgehead atoms. The fraction of sp³-hybridized carbons (Fsp3) is 0.529. The van der Waals surface area contributed by atoms with E-state index in [0.717, 1.165) is 50.5 Å². The van der Waals surface area contributed by atoms with E-state index in [2.05, 4.69) is 25.9 Å². The number of hydrogen-bond acceptors (Lipinski definition) is 5. The van der Waals surface area contributed by atoms with Crippen LogP contribution in [-0.2, 0) is 11.3 Å². The zero-order chi connectivity index (χ0) is 16.4. The molecule has 7 nitrogen and oxygen atoms in total. The van der Waals surface area contributed by atoms with Gasteiger partial charge in [-0.1, -0.05) is 0 Å². The molecule has 0 spiro atoms. The first-order valence-electron chi connectivity index (χ1n) is 8.61. The zero-order valence-corrected chi connectivity index (χ0v) is 13.7. The highest BCUT2D eigenvalue weighted by atomic mass is 16.5. The van der Waals surface area contributed by atoms with Gasteiger partial charge in [0.2, 0.25) is 0 Å². The van der Waals surface area contributed by atoms with E-state index in [1.807, 2.05) is 16.9 Å². The predicted molar refractivity (Wildman–Crippen MR) is 92.7 cm³/mol. The van der Waals surface area contributed by atoms with E-state index in [1.54, 1.807) is 12.3 Å². The Bertz CT molecular complexity index is 721. The molecule has 2 aromatic heterocycles. The van der Waals surface area contributed by atoms with Gasteiger partial charge in [-0.2, -0.15) is 5.10 Å². The minimum Gasteiger partial charge on any atom is -0.378 e. The molecule has 0 aliphatic carbocycles. The van der Waals surface area contributed by atoms with Crippen molar-refractivity contribution in [3.63, 3.8) is 0 Å². The van der Waals surface area contributed by atoms with Crippen LogP contribution in [0.3, 0.4) is 0 Å². The van der Waals surface area contributed by atoms with Crippen LogP contribution >= 0.6 is 0 Å². The van der Waals surface area contributed by atoms with Crippen LogP contribution in [0.5, 0.6) is 0 Å². The molecule has 0 radical (unpaired) electrons. The van der Waals surface area contributed by atoms with E-state index < -0.39 is 0 Å². The van der Waals surface area contributed by atoms with Gasteiger partial charge in [0.25, 0.3) is 5.56 Å². The Hall–Kier alpha value is -2.28. The van der Waals surface area contributed by atoms with Gasteiger partial charge in [-0.05, 0) is 18.9 Å². The van der Waals surface area contributed by atoms with E-state index in [1.165, 1.54) is 0 Å². The highest BCUT2D eigenvalue weighted by Gasteiger charge is 2.26. The lowest BCUT2D eigenvalue weighted by Gasteiger charge is -2.31. The fourth-order valence-corrected chi connectivity index (χ4v) is 3.64. The van der Waals surface area contributed by atoms with Gasteiger partial charge in [0.1, 0.15) is 5.82 Å². The van der Waals surface area contributed by atoms with E-state index in [4.69, 9.17) is 4.74 Å². The summed E-state index contributed by atoms with van der Waals surface area (Å²) >= 11 is 0. The van der Waals surface area contributed by atoms with Crippen molar-refractivity contribution in [1.29, 1.82) is 0 Å². The summed E-state index contributed by atoms with van der Waals surface area (Å²) in [6.07, 6.45) is 6.04. The molecule has 4 rings (SSSR count). The molecule has 1 N–H and O–H groups in total. The number of H-pyrrole nitrogens is 1. The van der Waals surface area contributed by atoms with E-state index in [-0.39, 0.29) is 5.56 Å². The smallest absolute Gasteiger partial charge is 0.251 e. The standard InChI is InChI=1S/C17H23N5O2/c23-17-12-15(20-7-9-24-10-8-20)11-16(19-17)22-6-1-3-14(22)13-21-5-2-4-18-21/h2,4-5,11-12,14H,1,3,6-10,13H2,(H,19,23). The first kappa shape index (κ1) is 15.3. The number of nitrogens with zero attached hydrogens (tertiary/aromatic N) is 4. The quantitative estimate of drug-likeness (QED) is 0.909. The van der Waals surface area contributed by atoms with Crippen molar-refractivity contribution in [3.05, 3.63) is 40.9 Å². The molecule has 2 fully saturated rings. The monoisotopic (exact) mass is 329 g/mol. The van der Waals surface area contributed by atoms with Crippen molar-refractivity contribution in [1.82, 2.24) is 14.8 Å². The Morgan fingerprint density at radius 1 is 1.25 bits per heavy atom. The van der Waals surface area contributed by atoms with Gasteiger partial charge in [-0.15, -0.1) is 0 Å². The van der Waals surface area contributed by atoms with Crippen LogP contribution in [-0.4, -0.2) is 53.7 Å². The lowest BCUT2D eigenvalue weighted by atomic mass is 10.2. The van der Waals surface area contributed by atoms with Gasteiger partial charge < -0.3 is 19.5 Å². The van der Waals surface area contributed by atoms with Gasteiger partial charge in [0.15, 0.2) is 0 Å². The number of morpholine rings is 1. The van der Waals surface area contributed by atoms with Crippen molar-refractivity contribution in [2.45, 2.75) is 25.4 Å². The van der Waals surface area contributed by atoms with Gasteiger partial charge in [-0.3, -0.25) is 9.48 Å². The third kappa shape index (κ3) is 3.17. The Balaban J connectivity index is 1.58. The molecule has 128 valence electrons. The van der Waals surface area contributed by atoms with Crippen LogP contribution in [0.4, 0.5) is 11.5 Å². The molecule has 1 unspecified atom stereocenters. The van der Waals surface area contributed by atoms with E-state index in [9.17, 15) is 4.79 Å². The lowest BCUT2D eigenvalue weighted by Crippen LogP contribution is -2.38. The number of anilines is 2. The molecule has 1 atom stereocenters. The van der Waals surface area contributed by atoms with Gasteiger partial charge in [0, 0.05) is 55.9 Å². The number of aromatic amines is 1. The highest BCUT2D eigenvalue weighted by molar-refractivity contribution is 5.56. The Labute approximate surface area is 140 Å². The SMILES string of the molecule is O=c1cc(N2CCOCC2)cc(N2CCCC2Cn2cccn2)[nH]1. The maximum absolute atomic E-state index is 12.2. The second-order valence-corrected chi connectivity index (χ2v) is 6.41. The molecule has 7 heteroatoms. The van der Waals surface area contributed by atoms with Crippen molar-refractivity contribution in [2.75, 3.05) is 42.6 Å². The first-order chi connectivity index (χ1) is 11.8. The first-order valence-corrected chi connectivity index (χ1v) is 8.61. The molecule has 2 aliphatic rings. The number of nitrogens with one attached hydrogen (secondary N) is 1. The molecule has 0 saturated carbocycles. The maximum Gasteiger partial charge on any atom is 0.251 e. The average molecular weight is 329 g/mol. The Kier molecular flexibility index (Phi) is 4.25. The molecule has 2 aliphatic heterocycles. The van der Waals surface area contributed by atoms with Crippen LogP contribution in [0.1, 0.15) is 12.8 Å². The summed E-state index contributed by atoms with van der Waals surface area (Å²) in [5.41, 5.74) is 0.945. The maximum atomic E-state index is 12.2. The number of aromatic nitrogens is 3. The molecule has 2 saturated heterocycles. The summed E-state index contributed by atoms with van der Waals surface area (Å²) in [7, 11) is 0. The molecule has 24 heavy (non-hydrogen) atoms. The summed E-state index contributed by atoms with van der Waals surface area (Å²) in [6, 6.07) is 6.10. The topological polar surface area (TPSA) is 66.4 Å². The van der Waals surface area contributed by atoms with Gasteiger partial charge in [-0.25, -0.2) is 0 Å². The number of ether oxygens (including phenoxy) is 1. The molecule has 4 heterocycles. The normalized spacial score (nSPS) is 21.4. The second-order valence-electron chi connectivity index (χ2n) is 6.41. The Morgan fingerprint density at radius 3 is 2.92 bits per heavy atom. The predicted octanol–water partition coefficient (Wildman–Crippen LogP) is 1.08. The lowest BCUT2D eigenvalue weighted by molar-refractivity contribution is 0.122. The average Bonchev–Trinajstić information content (AvgIpc) is 3.27. The summed E-state index contributed by atoms with van der Waals surface area (Å²) < 4.78 is 7.37. The third-order valence-corrected chi connectivity index (χ3v) is 4.83. The number of hydrogen-bond donors (Lipinski definition) is 1. The molecular formula is C17H23N5O2. The van der Waals surface area contributed by atoms with Crippen LogP contribution in [0.15, 0.2) is 35.4 Å². The molecule has 0 aromatic carbocycles. The van der Waals surface area contributed by atoms with E-state index in [0.29, 0.717) is 19.3 Å². The van der Waals surface area contributed by atoms with Crippen LogP contribution in [0.2, 0.25) is 0 Å². The number of rotatable bonds is 4. The molecule has 0 amide bonds. The molecule has 2 aromatic rings. The van der Waals surface area contributed by atoms with Crippen molar-refractivity contribution >= 4 is 11.5 Å². The summed E-state index contributed by atoms with van der Waals surface area (Å²) in [4.78, 5) is 19.7. The third-order valence-electron chi connectivity index (χ3n) is 4.83. The Morgan fingerprint density at radius 2 is 2.12 bits per heavy atom. The second kappa shape index (κ2) is 6.68. The minimum absolute atomic E-state index is 0.0428. The minimum atomic E-state index is -0.0428. The van der Waals surface area contributed by atoms with E-state index >= 15 is 0 Å². The highest BCUT2D eigenvalue weighted by Crippen LogP contribution is 2.27. The van der Waals surface area contributed by atoms with Crippen LogP contribution < -0.4 is 15.4 Å². The van der Waals surface area contributed by atoms with Gasteiger partial charge >= 0.3 is 0 Å². The zero-order valence-electron chi connectivity index (χ0n) is 13.7. The largest absolute Gasteiger partial charge is 0.378 e. The van der Waals surface area contributed by atoms with Crippen molar-refractivity contribution in [2.24, 2.45) is 0 Å². The number of pyridine rings is 1. The fourth-order valence-electron chi connectivity index (χ4n) is 3.64.